The van der Waals surface area contributed by atoms with Gasteiger partial charge in [-0.3, -0.25) is 4.79 Å². The second kappa shape index (κ2) is 6.93. The molecule has 2 rings (SSSR count). The molecule has 0 aromatic carbocycles. The second-order valence-electron chi connectivity index (χ2n) is 6.11. The van der Waals surface area contributed by atoms with E-state index >= 15 is 0 Å². The minimum Gasteiger partial charge on any atom is -0.346 e. The van der Waals surface area contributed by atoms with Crippen LogP contribution < -0.4 is 11.1 Å². The Kier molecular flexibility index (Phi) is 5.24. The van der Waals surface area contributed by atoms with Crippen LogP contribution in [-0.2, 0) is 0 Å². The number of hydrogen-bond donors (Lipinski definition) is 2. The fourth-order valence-electron chi connectivity index (χ4n) is 3.18. The van der Waals surface area contributed by atoms with E-state index in [1.165, 1.54) is 32.1 Å². The van der Waals surface area contributed by atoms with Crippen molar-refractivity contribution in [1.29, 1.82) is 0 Å². The molecule has 1 unspecified atom stereocenters. The van der Waals surface area contributed by atoms with Crippen molar-refractivity contribution in [3.05, 3.63) is 24.0 Å². The molecule has 1 fully saturated rings. The number of nitrogens with zero attached hydrogens (tertiary/aromatic N) is 1. The fraction of sp³-hybridized carbons (Fsp3) is 0.688. The molecule has 0 saturated heterocycles. The zero-order valence-corrected chi connectivity index (χ0v) is 12.6. The van der Waals surface area contributed by atoms with Crippen molar-refractivity contribution in [2.45, 2.75) is 58.0 Å². The molecule has 0 aliphatic heterocycles. The van der Waals surface area contributed by atoms with E-state index in [0.717, 1.165) is 5.69 Å². The van der Waals surface area contributed by atoms with Crippen LogP contribution in [0.5, 0.6) is 0 Å². The Labute approximate surface area is 121 Å². The molecule has 1 heterocycles. The van der Waals surface area contributed by atoms with E-state index in [0.29, 0.717) is 12.5 Å². The Morgan fingerprint density at radius 1 is 1.40 bits per heavy atom. The van der Waals surface area contributed by atoms with Gasteiger partial charge in [-0.2, -0.15) is 0 Å². The predicted molar refractivity (Wildman–Crippen MR) is 81.7 cm³/mol. The monoisotopic (exact) mass is 277 g/mol. The smallest absolute Gasteiger partial charge is 0.268 e. The Morgan fingerprint density at radius 3 is 2.70 bits per heavy atom. The quantitative estimate of drug-likeness (QED) is 0.869. The van der Waals surface area contributed by atoms with Gasteiger partial charge >= 0.3 is 0 Å². The first kappa shape index (κ1) is 15.1. The van der Waals surface area contributed by atoms with Gasteiger partial charge in [0.25, 0.3) is 5.91 Å². The van der Waals surface area contributed by atoms with Gasteiger partial charge < -0.3 is 15.6 Å². The van der Waals surface area contributed by atoms with E-state index in [9.17, 15) is 4.79 Å². The van der Waals surface area contributed by atoms with E-state index < -0.39 is 0 Å². The van der Waals surface area contributed by atoms with Crippen LogP contribution >= 0.6 is 0 Å². The average molecular weight is 277 g/mol. The number of amides is 1. The van der Waals surface area contributed by atoms with Crippen molar-refractivity contribution in [3.63, 3.8) is 0 Å². The normalized spacial score (nSPS) is 18.2. The molecular formula is C16H27N3O. The molecule has 4 nitrogen and oxygen atoms in total. The van der Waals surface area contributed by atoms with Gasteiger partial charge in [-0.15, -0.1) is 0 Å². The highest BCUT2D eigenvalue weighted by Crippen LogP contribution is 2.26. The van der Waals surface area contributed by atoms with Gasteiger partial charge in [-0.25, -0.2) is 0 Å². The van der Waals surface area contributed by atoms with Crippen molar-refractivity contribution in [2.24, 2.45) is 11.7 Å². The number of rotatable bonds is 5. The van der Waals surface area contributed by atoms with Gasteiger partial charge in [0, 0.05) is 24.8 Å². The molecular weight excluding hydrogens is 250 g/mol. The van der Waals surface area contributed by atoms with E-state index in [-0.39, 0.29) is 18.0 Å². The summed E-state index contributed by atoms with van der Waals surface area (Å²) in [4.78, 5) is 12.5. The molecule has 1 saturated carbocycles. The molecule has 4 heteroatoms. The van der Waals surface area contributed by atoms with Crippen molar-refractivity contribution in [2.75, 3.05) is 6.54 Å². The maximum atomic E-state index is 12.5. The fourth-order valence-corrected chi connectivity index (χ4v) is 3.18. The van der Waals surface area contributed by atoms with E-state index in [4.69, 9.17) is 5.73 Å². The maximum absolute atomic E-state index is 12.5. The molecule has 1 aliphatic rings. The molecule has 0 radical (unpaired) electrons. The lowest BCUT2D eigenvalue weighted by atomic mass is 9.84. The average Bonchev–Trinajstić information content (AvgIpc) is 2.95. The largest absolute Gasteiger partial charge is 0.346 e. The number of aromatic nitrogens is 1. The van der Waals surface area contributed by atoms with E-state index in [1.807, 2.05) is 22.9 Å². The molecule has 3 N–H and O–H groups in total. The predicted octanol–water partition coefficient (Wildman–Crippen LogP) is 2.71. The topological polar surface area (TPSA) is 60.0 Å². The minimum absolute atomic E-state index is 0.00437. The molecule has 1 aromatic rings. The number of nitrogens with two attached hydrogens (primary N) is 1. The zero-order chi connectivity index (χ0) is 14.5. The number of carbonyl (C=O) groups excluding carboxylic acids is 1. The molecule has 0 spiro atoms. The van der Waals surface area contributed by atoms with Crippen molar-refractivity contribution in [1.82, 2.24) is 9.88 Å². The zero-order valence-electron chi connectivity index (χ0n) is 12.6. The molecule has 1 aromatic heterocycles. The van der Waals surface area contributed by atoms with Crippen LogP contribution in [0.15, 0.2) is 18.3 Å². The van der Waals surface area contributed by atoms with Crippen LogP contribution in [0, 0.1) is 5.92 Å². The van der Waals surface area contributed by atoms with Crippen LogP contribution in [0.1, 0.15) is 62.5 Å². The Balaban J connectivity index is 2.03. The lowest BCUT2D eigenvalue weighted by molar-refractivity contribution is 0.0904. The van der Waals surface area contributed by atoms with Gasteiger partial charge in [0.2, 0.25) is 0 Å². The summed E-state index contributed by atoms with van der Waals surface area (Å²) < 4.78 is 2.00. The number of hydrogen-bond acceptors (Lipinski definition) is 2. The van der Waals surface area contributed by atoms with Gasteiger partial charge in [-0.05, 0) is 44.7 Å². The lowest BCUT2D eigenvalue weighted by Gasteiger charge is -2.30. The van der Waals surface area contributed by atoms with Gasteiger partial charge in [-0.1, -0.05) is 19.3 Å². The molecule has 0 bridgehead atoms. The van der Waals surface area contributed by atoms with Gasteiger partial charge in [0.15, 0.2) is 0 Å². The van der Waals surface area contributed by atoms with Crippen LogP contribution in [0.2, 0.25) is 0 Å². The van der Waals surface area contributed by atoms with Gasteiger partial charge in [0.05, 0.1) is 0 Å². The third-order valence-electron chi connectivity index (χ3n) is 4.36. The summed E-state index contributed by atoms with van der Waals surface area (Å²) in [7, 11) is 0. The summed E-state index contributed by atoms with van der Waals surface area (Å²) >= 11 is 0. The van der Waals surface area contributed by atoms with Crippen LogP contribution in [0.4, 0.5) is 0 Å². The standard InChI is InChI=1S/C16H27N3O/c1-12(2)19-10-6-9-15(19)16(20)18-14(11-17)13-7-4-3-5-8-13/h6,9-10,12-14H,3-5,7-8,11,17H2,1-2H3,(H,18,20). The third kappa shape index (κ3) is 3.42. The van der Waals surface area contributed by atoms with Gasteiger partial charge in [0.1, 0.15) is 5.69 Å². The second-order valence-corrected chi connectivity index (χ2v) is 6.11. The van der Waals surface area contributed by atoms with Crippen molar-refractivity contribution >= 4 is 5.91 Å². The maximum Gasteiger partial charge on any atom is 0.268 e. The highest BCUT2D eigenvalue weighted by Gasteiger charge is 2.25. The summed E-state index contributed by atoms with van der Waals surface area (Å²) in [5.41, 5.74) is 6.61. The summed E-state index contributed by atoms with van der Waals surface area (Å²) in [6.07, 6.45) is 8.18. The number of nitrogens with one attached hydrogen (secondary N) is 1. The summed E-state index contributed by atoms with van der Waals surface area (Å²) in [6.45, 7) is 4.69. The number of carbonyl (C=O) groups is 1. The first-order valence-electron chi connectivity index (χ1n) is 7.81. The van der Waals surface area contributed by atoms with E-state index in [1.54, 1.807) is 0 Å². The summed E-state index contributed by atoms with van der Waals surface area (Å²) in [6, 6.07) is 4.20. The Hall–Kier alpha value is -1.29. The molecule has 20 heavy (non-hydrogen) atoms. The van der Waals surface area contributed by atoms with Crippen LogP contribution in [0.25, 0.3) is 0 Å². The summed E-state index contributed by atoms with van der Waals surface area (Å²) in [5.74, 6) is 0.546. The SMILES string of the molecule is CC(C)n1cccc1C(=O)NC(CN)C1CCCCC1. The Bertz CT molecular complexity index is 433. The Morgan fingerprint density at radius 2 is 2.10 bits per heavy atom. The summed E-state index contributed by atoms with van der Waals surface area (Å²) in [5, 5.41) is 3.15. The van der Waals surface area contributed by atoms with Crippen molar-refractivity contribution in [3.8, 4) is 0 Å². The van der Waals surface area contributed by atoms with Crippen molar-refractivity contribution < 1.29 is 4.79 Å². The highest BCUT2D eigenvalue weighted by atomic mass is 16.2. The molecule has 1 amide bonds. The minimum atomic E-state index is 0.00437. The van der Waals surface area contributed by atoms with E-state index in [2.05, 4.69) is 19.2 Å². The molecule has 112 valence electrons. The lowest BCUT2D eigenvalue weighted by Crippen LogP contribution is -2.46. The highest BCUT2D eigenvalue weighted by molar-refractivity contribution is 5.93. The third-order valence-corrected chi connectivity index (χ3v) is 4.36. The van der Waals surface area contributed by atoms with Crippen LogP contribution in [0.3, 0.4) is 0 Å². The molecule has 1 aliphatic carbocycles. The molecule has 1 atom stereocenters. The van der Waals surface area contributed by atoms with Crippen LogP contribution in [-0.4, -0.2) is 23.1 Å². The first-order valence-corrected chi connectivity index (χ1v) is 7.81. The first-order chi connectivity index (χ1) is 9.63.